The largest absolute Gasteiger partial charge is 0.372 e. The number of para-hydroxylation sites is 1. The average Bonchev–Trinajstić information content (AvgIpc) is 3.15. The maximum Gasteiger partial charge on any atom is 0.245 e. The lowest BCUT2D eigenvalue weighted by molar-refractivity contribution is -0.114. The van der Waals surface area contributed by atoms with E-state index < -0.39 is 10.0 Å². The molecule has 3 rings (SSSR count). The van der Waals surface area contributed by atoms with E-state index in [4.69, 9.17) is 0 Å². The molecule has 0 aliphatic carbocycles. The predicted molar refractivity (Wildman–Crippen MR) is 110 cm³/mol. The summed E-state index contributed by atoms with van der Waals surface area (Å²) in [7, 11) is -3.58. The number of rotatable bonds is 6. The Morgan fingerprint density at radius 1 is 1.07 bits per heavy atom. The van der Waals surface area contributed by atoms with Crippen LogP contribution in [0.3, 0.4) is 0 Å². The minimum Gasteiger partial charge on any atom is -0.372 e. The summed E-state index contributed by atoms with van der Waals surface area (Å²) in [6.45, 7) is 3.68. The number of nitrogens with zero attached hydrogens (tertiary/aromatic N) is 2. The summed E-state index contributed by atoms with van der Waals surface area (Å²) < 4.78 is 25.5. The Labute approximate surface area is 160 Å². The van der Waals surface area contributed by atoms with Crippen LogP contribution in [0.5, 0.6) is 0 Å². The zero-order valence-corrected chi connectivity index (χ0v) is 16.5. The lowest BCUT2D eigenvalue weighted by atomic mass is 10.2. The van der Waals surface area contributed by atoms with Crippen molar-refractivity contribution in [1.82, 2.24) is 0 Å². The summed E-state index contributed by atoms with van der Waals surface area (Å²) in [5, 5.41) is 2.79. The van der Waals surface area contributed by atoms with Gasteiger partial charge in [-0.2, -0.15) is 0 Å². The molecule has 0 aromatic heterocycles. The summed E-state index contributed by atoms with van der Waals surface area (Å²) in [5.74, 6) is -0.377. The van der Waals surface area contributed by atoms with Crippen molar-refractivity contribution >= 4 is 33.0 Å². The molecule has 27 heavy (non-hydrogen) atoms. The molecule has 1 fully saturated rings. The maximum absolute atomic E-state index is 12.5. The zero-order valence-electron chi connectivity index (χ0n) is 15.7. The molecule has 2 aromatic carbocycles. The second-order valence-electron chi connectivity index (χ2n) is 6.85. The molecule has 1 heterocycles. The molecule has 0 unspecified atom stereocenters. The molecule has 1 amide bonds. The molecule has 1 aliphatic rings. The minimum absolute atomic E-state index is 0.266. The van der Waals surface area contributed by atoms with Crippen LogP contribution >= 0.6 is 0 Å². The van der Waals surface area contributed by atoms with Gasteiger partial charge in [-0.05, 0) is 55.7 Å². The Morgan fingerprint density at radius 2 is 1.70 bits per heavy atom. The molecule has 1 saturated heterocycles. The van der Waals surface area contributed by atoms with Gasteiger partial charge in [-0.3, -0.25) is 9.10 Å². The number of carbonyl (C=O) groups is 1. The van der Waals surface area contributed by atoms with Gasteiger partial charge in [-0.25, -0.2) is 8.42 Å². The third kappa shape index (κ3) is 4.80. The molecule has 0 saturated carbocycles. The highest BCUT2D eigenvalue weighted by Crippen LogP contribution is 2.23. The second-order valence-corrected chi connectivity index (χ2v) is 8.75. The quantitative estimate of drug-likeness (QED) is 0.827. The standard InChI is InChI=1S/C20H25N3O3S/c1-16-7-3-4-8-19(16)23(27(2,25)26)15-20(24)21-17-9-11-18(12-10-17)22-13-5-6-14-22/h3-4,7-12H,5-6,13-15H2,1-2H3,(H,21,24). The normalized spacial score (nSPS) is 14.2. The summed E-state index contributed by atoms with van der Waals surface area (Å²) in [6, 6.07) is 14.8. The molecule has 0 atom stereocenters. The van der Waals surface area contributed by atoms with Crippen LogP contribution in [0.15, 0.2) is 48.5 Å². The molecular weight excluding hydrogens is 362 g/mol. The van der Waals surface area contributed by atoms with E-state index >= 15 is 0 Å². The number of hydrogen-bond donors (Lipinski definition) is 1. The van der Waals surface area contributed by atoms with Gasteiger partial charge in [0.2, 0.25) is 15.9 Å². The molecular formula is C20H25N3O3S. The van der Waals surface area contributed by atoms with Crippen LogP contribution < -0.4 is 14.5 Å². The zero-order chi connectivity index (χ0) is 19.4. The first-order valence-corrected chi connectivity index (χ1v) is 10.9. The summed E-state index contributed by atoms with van der Waals surface area (Å²) in [6.07, 6.45) is 3.52. The fraction of sp³-hybridized carbons (Fsp3) is 0.350. The first-order chi connectivity index (χ1) is 12.8. The maximum atomic E-state index is 12.5. The SMILES string of the molecule is Cc1ccccc1N(CC(=O)Nc1ccc(N2CCCC2)cc1)S(C)(=O)=O. The molecule has 6 nitrogen and oxygen atoms in total. The number of nitrogens with one attached hydrogen (secondary N) is 1. The Hall–Kier alpha value is -2.54. The van der Waals surface area contributed by atoms with Crippen molar-refractivity contribution < 1.29 is 13.2 Å². The van der Waals surface area contributed by atoms with Crippen molar-refractivity contribution in [2.45, 2.75) is 19.8 Å². The van der Waals surface area contributed by atoms with Crippen molar-refractivity contribution in [1.29, 1.82) is 0 Å². The van der Waals surface area contributed by atoms with Crippen LogP contribution in [-0.2, 0) is 14.8 Å². The van der Waals surface area contributed by atoms with Gasteiger partial charge in [-0.15, -0.1) is 0 Å². The van der Waals surface area contributed by atoms with Gasteiger partial charge in [-0.1, -0.05) is 18.2 Å². The third-order valence-corrected chi connectivity index (χ3v) is 5.82. The van der Waals surface area contributed by atoms with Gasteiger partial charge in [0.1, 0.15) is 6.54 Å². The Morgan fingerprint density at radius 3 is 2.30 bits per heavy atom. The molecule has 0 radical (unpaired) electrons. The van der Waals surface area contributed by atoms with Crippen molar-refractivity contribution in [2.24, 2.45) is 0 Å². The first-order valence-electron chi connectivity index (χ1n) is 9.03. The molecule has 0 spiro atoms. The first kappa shape index (κ1) is 19.2. The molecule has 144 valence electrons. The van der Waals surface area contributed by atoms with Crippen LogP contribution in [0, 0.1) is 6.92 Å². The Kier molecular flexibility index (Phi) is 5.70. The lowest BCUT2D eigenvalue weighted by Crippen LogP contribution is -2.37. The van der Waals surface area contributed by atoms with E-state index in [2.05, 4.69) is 10.2 Å². The topological polar surface area (TPSA) is 69.7 Å². The van der Waals surface area contributed by atoms with Gasteiger partial charge in [0.15, 0.2) is 0 Å². The van der Waals surface area contributed by atoms with Crippen LogP contribution in [0.2, 0.25) is 0 Å². The number of carbonyl (C=O) groups excluding carboxylic acids is 1. The van der Waals surface area contributed by atoms with E-state index in [1.54, 1.807) is 12.1 Å². The molecule has 7 heteroatoms. The van der Waals surface area contributed by atoms with E-state index in [1.165, 1.54) is 12.8 Å². The number of anilines is 3. The monoisotopic (exact) mass is 387 g/mol. The van der Waals surface area contributed by atoms with Crippen molar-refractivity contribution in [3.05, 3.63) is 54.1 Å². The number of amides is 1. The highest BCUT2D eigenvalue weighted by atomic mass is 32.2. The second kappa shape index (κ2) is 8.00. The summed E-state index contributed by atoms with van der Waals surface area (Å²) >= 11 is 0. The number of hydrogen-bond acceptors (Lipinski definition) is 4. The van der Waals surface area contributed by atoms with Gasteiger partial charge in [0.25, 0.3) is 0 Å². The van der Waals surface area contributed by atoms with E-state index in [1.807, 2.05) is 43.3 Å². The number of aryl methyl sites for hydroxylation is 1. The van der Waals surface area contributed by atoms with Gasteiger partial charge in [0.05, 0.1) is 11.9 Å². The third-order valence-electron chi connectivity index (χ3n) is 4.69. The van der Waals surface area contributed by atoms with Gasteiger partial charge < -0.3 is 10.2 Å². The van der Waals surface area contributed by atoms with E-state index in [0.717, 1.165) is 34.9 Å². The van der Waals surface area contributed by atoms with Crippen LogP contribution in [0.25, 0.3) is 0 Å². The smallest absolute Gasteiger partial charge is 0.245 e. The Bertz CT molecular complexity index is 904. The summed E-state index contributed by atoms with van der Waals surface area (Å²) in [5.41, 5.74) is 3.11. The molecule has 1 aliphatic heterocycles. The average molecular weight is 388 g/mol. The van der Waals surface area contributed by atoms with Crippen molar-refractivity contribution in [3.63, 3.8) is 0 Å². The fourth-order valence-corrected chi connectivity index (χ4v) is 4.20. The fourth-order valence-electron chi connectivity index (χ4n) is 3.29. The van der Waals surface area contributed by atoms with Crippen molar-refractivity contribution in [3.8, 4) is 0 Å². The van der Waals surface area contributed by atoms with Crippen molar-refractivity contribution in [2.75, 3.05) is 40.4 Å². The van der Waals surface area contributed by atoms with Crippen LogP contribution in [0.1, 0.15) is 18.4 Å². The number of benzene rings is 2. The predicted octanol–water partition coefficient (Wildman–Crippen LogP) is 3.00. The molecule has 0 bridgehead atoms. The number of sulfonamides is 1. The van der Waals surface area contributed by atoms with Crippen LogP contribution in [0.4, 0.5) is 17.1 Å². The van der Waals surface area contributed by atoms with E-state index in [9.17, 15) is 13.2 Å². The minimum atomic E-state index is -3.58. The van der Waals surface area contributed by atoms with E-state index in [0.29, 0.717) is 11.4 Å². The lowest BCUT2D eigenvalue weighted by Gasteiger charge is -2.23. The molecule has 1 N–H and O–H groups in total. The molecule has 2 aromatic rings. The highest BCUT2D eigenvalue weighted by molar-refractivity contribution is 7.92. The van der Waals surface area contributed by atoms with Crippen LogP contribution in [-0.4, -0.2) is 40.2 Å². The summed E-state index contributed by atoms with van der Waals surface area (Å²) in [4.78, 5) is 14.8. The Balaban J connectivity index is 1.70. The van der Waals surface area contributed by atoms with E-state index in [-0.39, 0.29) is 12.5 Å². The van der Waals surface area contributed by atoms with Gasteiger partial charge in [0, 0.05) is 24.5 Å². The highest BCUT2D eigenvalue weighted by Gasteiger charge is 2.22. The van der Waals surface area contributed by atoms with Gasteiger partial charge >= 0.3 is 0 Å².